The molecule has 0 aliphatic heterocycles. The van der Waals surface area contributed by atoms with Crippen molar-refractivity contribution in [3.8, 4) is 5.75 Å². The zero-order valence-electron chi connectivity index (χ0n) is 16.9. The molecule has 6 nitrogen and oxygen atoms in total. The van der Waals surface area contributed by atoms with Crippen LogP contribution in [0, 0.1) is 0 Å². The lowest BCUT2D eigenvalue weighted by molar-refractivity contribution is -0.130. The molecule has 0 radical (unpaired) electrons. The van der Waals surface area contributed by atoms with Gasteiger partial charge >= 0.3 is 0 Å². The molecule has 0 unspecified atom stereocenters. The van der Waals surface area contributed by atoms with Gasteiger partial charge < -0.3 is 20.3 Å². The number of guanidine groups is 1. The fourth-order valence-electron chi connectivity index (χ4n) is 2.60. The maximum atomic E-state index is 12.4. The number of carbonyl (C=O) groups is 1. The first-order valence-corrected chi connectivity index (χ1v) is 9.87. The summed E-state index contributed by atoms with van der Waals surface area (Å²) in [6.45, 7) is 1.73. The van der Waals surface area contributed by atoms with E-state index in [1.54, 1.807) is 19.1 Å². The summed E-state index contributed by atoms with van der Waals surface area (Å²) in [5.41, 5.74) is 2.20. The molecule has 0 bridgehead atoms. The van der Waals surface area contributed by atoms with Crippen molar-refractivity contribution < 1.29 is 9.53 Å². The molecule has 0 aliphatic carbocycles. The molecule has 158 valence electrons. The normalized spacial score (nSPS) is 10.7. The van der Waals surface area contributed by atoms with Crippen molar-refractivity contribution in [2.24, 2.45) is 4.99 Å². The van der Waals surface area contributed by atoms with Gasteiger partial charge in [0.1, 0.15) is 5.75 Å². The van der Waals surface area contributed by atoms with Crippen LogP contribution < -0.4 is 15.4 Å². The predicted molar refractivity (Wildman–Crippen MR) is 132 cm³/mol. The van der Waals surface area contributed by atoms with Crippen molar-refractivity contribution in [3.63, 3.8) is 0 Å². The minimum absolute atomic E-state index is 0. The number of amides is 1. The molecular formula is C21H28BrIN4O2. The number of rotatable bonds is 8. The SMILES string of the molecule is CN=C(NCCC(=O)N(C)Cc1ccccc1Br)NCc1ccc(OC)cc1.I. The van der Waals surface area contributed by atoms with Gasteiger partial charge in [-0.1, -0.05) is 46.3 Å². The second kappa shape index (κ2) is 13.4. The van der Waals surface area contributed by atoms with Crippen molar-refractivity contribution in [1.29, 1.82) is 0 Å². The van der Waals surface area contributed by atoms with Crippen molar-refractivity contribution in [2.75, 3.05) is 27.7 Å². The lowest BCUT2D eigenvalue weighted by Crippen LogP contribution is -2.39. The Morgan fingerprint density at radius 2 is 1.83 bits per heavy atom. The number of carbonyl (C=O) groups excluding carboxylic acids is 1. The summed E-state index contributed by atoms with van der Waals surface area (Å²) in [7, 11) is 5.18. The quantitative estimate of drug-likeness (QED) is 0.286. The van der Waals surface area contributed by atoms with E-state index in [1.165, 1.54) is 0 Å². The standard InChI is InChI=1S/C21H27BrN4O2.HI/c1-23-21(25-14-16-8-10-18(28-3)11-9-16)24-13-12-20(27)26(2)15-17-6-4-5-7-19(17)22;/h4-11H,12-15H2,1-3H3,(H2,23,24,25);1H. The average molecular weight is 575 g/mol. The van der Waals surface area contributed by atoms with E-state index < -0.39 is 0 Å². The molecular weight excluding hydrogens is 547 g/mol. The van der Waals surface area contributed by atoms with Crippen LogP contribution in [0.4, 0.5) is 0 Å². The second-order valence-corrected chi connectivity index (χ2v) is 7.15. The Kier molecular flexibility index (Phi) is 11.7. The molecule has 29 heavy (non-hydrogen) atoms. The van der Waals surface area contributed by atoms with E-state index in [0.29, 0.717) is 32.0 Å². The lowest BCUT2D eigenvalue weighted by Gasteiger charge is -2.19. The molecule has 0 aliphatic rings. The van der Waals surface area contributed by atoms with Gasteiger partial charge in [0.2, 0.25) is 5.91 Å². The smallest absolute Gasteiger partial charge is 0.224 e. The molecule has 2 rings (SSSR count). The Labute approximate surface area is 198 Å². The maximum Gasteiger partial charge on any atom is 0.224 e. The molecule has 0 fully saturated rings. The number of ether oxygens (including phenoxy) is 1. The van der Waals surface area contributed by atoms with Crippen LogP contribution in [0.25, 0.3) is 0 Å². The molecule has 8 heteroatoms. The van der Waals surface area contributed by atoms with Crippen LogP contribution in [-0.4, -0.2) is 44.5 Å². The fourth-order valence-corrected chi connectivity index (χ4v) is 3.01. The Morgan fingerprint density at radius 3 is 2.45 bits per heavy atom. The van der Waals surface area contributed by atoms with E-state index in [4.69, 9.17) is 4.74 Å². The molecule has 2 aromatic carbocycles. The van der Waals surface area contributed by atoms with E-state index in [1.807, 2.05) is 55.6 Å². The first kappa shape index (κ1) is 25.2. The van der Waals surface area contributed by atoms with Gasteiger partial charge in [0, 0.05) is 44.6 Å². The van der Waals surface area contributed by atoms with Crippen LogP contribution in [0.5, 0.6) is 5.75 Å². The van der Waals surface area contributed by atoms with Gasteiger partial charge in [-0.3, -0.25) is 9.79 Å². The summed E-state index contributed by atoms with van der Waals surface area (Å²) in [5.74, 6) is 1.57. The highest BCUT2D eigenvalue weighted by Crippen LogP contribution is 2.17. The molecule has 0 aromatic heterocycles. The zero-order valence-corrected chi connectivity index (χ0v) is 20.9. The maximum absolute atomic E-state index is 12.4. The number of benzene rings is 2. The Balaban J connectivity index is 0.00000420. The van der Waals surface area contributed by atoms with Crippen LogP contribution in [0.2, 0.25) is 0 Å². The van der Waals surface area contributed by atoms with Crippen LogP contribution in [-0.2, 0) is 17.9 Å². The Hall–Kier alpha value is -1.81. The number of nitrogens with one attached hydrogen (secondary N) is 2. The van der Waals surface area contributed by atoms with Crippen molar-refractivity contribution in [3.05, 3.63) is 64.1 Å². The number of methoxy groups -OCH3 is 1. The summed E-state index contributed by atoms with van der Waals surface area (Å²) in [5, 5.41) is 6.42. The third-order valence-corrected chi connectivity index (χ3v) is 5.04. The summed E-state index contributed by atoms with van der Waals surface area (Å²) >= 11 is 3.52. The minimum atomic E-state index is 0. The van der Waals surface area contributed by atoms with E-state index in [2.05, 4.69) is 31.6 Å². The van der Waals surface area contributed by atoms with Crippen LogP contribution in [0.3, 0.4) is 0 Å². The predicted octanol–water partition coefficient (Wildman–Crippen LogP) is 3.79. The average Bonchev–Trinajstić information content (AvgIpc) is 2.72. The van der Waals surface area contributed by atoms with Gasteiger partial charge in [-0.25, -0.2) is 0 Å². The van der Waals surface area contributed by atoms with Gasteiger partial charge in [0.05, 0.1) is 7.11 Å². The number of aliphatic imine (C=N–C) groups is 1. The van der Waals surface area contributed by atoms with Gasteiger partial charge in [-0.2, -0.15) is 0 Å². The molecule has 0 atom stereocenters. The number of hydrogen-bond acceptors (Lipinski definition) is 3. The molecule has 2 N–H and O–H groups in total. The summed E-state index contributed by atoms with van der Waals surface area (Å²) in [6.07, 6.45) is 0.393. The zero-order chi connectivity index (χ0) is 20.4. The third-order valence-electron chi connectivity index (χ3n) is 4.27. The first-order valence-electron chi connectivity index (χ1n) is 9.08. The molecule has 0 heterocycles. The molecule has 0 saturated carbocycles. The number of hydrogen-bond donors (Lipinski definition) is 2. The van der Waals surface area contributed by atoms with Crippen molar-refractivity contribution >= 4 is 51.8 Å². The first-order chi connectivity index (χ1) is 13.5. The van der Waals surface area contributed by atoms with Crippen LogP contribution in [0.1, 0.15) is 17.5 Å². The molecule has 2 aromatic rings. The summed E-state index contributed by atoms with van der Waals surface area (Å²) in [4.78, 5) is 18.3. The highest BCUT2D eigenvalue weighted by Gasteiger charge is 2.11. The fraction of sp³-hybridized carbons (Fsp3) is 0.333. The number of nitrogens with zero attached hydrogens (tertiary/aromatic N) is 2. The monoisotopic (exact) mass is 574 g/mol. The lowest BCUT2D eigenvalue weighted by atomic mass is 10.2. The third kappa shape index (κ3) is 8.61. The molecule has 0 saturated heterocycles. The van der Waals surface area contributed by atoms with Gasteiger partial charge in [-0.15, -0.1) is 24.0 Å². The highest BCUT2D eigenvalue weighted by molar-refractivity contribution is 14.0. The largest absolute Gasteiger partial charge is 0.497 e. The van der Waals surface area contributed by atoms with E-state index >= 15 is 0 Å². The van der Waals surface area contributed by atoms with Gasteiger partial charge in [-0.05, 0) is 29.3 Å². The van der Waals surface area contributed by atoms with E-state index in [9.17, 15) is 4.79 Å². The topological polar surface area (TPSA) is 66.0 Å². The van der Waals surface area contributed by atoms with Crippen molar-refractivity contribution in [2.45, 2.75) is 19.5 Å². The Bertz CT molecular complexity index is 800. The second-order valence-electron chi connectivity index (χ2n) is 6.29. The molecule has 0 spiro atoms. The van der Waals surface area contributed by atoms with Crippen molar-refractivity contribution in [1.82, 2.24) is 15.5 Å². The Morgan fingerprint density at radius 1 is 1.14 bits per heavy atom. The summed E-state index contributed by atoms with van der Waals surface area (Å²) in [6, 6.07) is 15.8. The van der Waals surface area contributed by atoms with E-state index in [-0.39, 0.29) is 29.9 Å². The summed E-state index contributed by atoms with van der Waals surface area (Å²) < 4.78 is 6.17. The van der Waals surface area contributed by atoms with Gasteiger partial charge in [0.15, 0.2) is 5.96 Å². The number of halogens is 2. The van der Waals surface area contributed by atoms with Crippen LogP contribution >= 0.6 is 39.9 Å². The molecule has 1 amide bonds. The van der Waals surface area contributed by atoms with E-state index in [0.717, 1.165) is 21.3 Å². The van der Waals surface area contributed by atoms with Crippen LogP contribution in [0.15, 0.2) is 58.0 Å². The van der Waals surface area contributed by atoms with Gasteiger partial charge in [0.25, 0.3) is 0 Å². The minimum Gasteiger partial charge on any atom is -0.497 e. The highest BCUT2D eigenvalue weighted by atomic mass is 127.